The van der Waals surface area contributed by atoms with Gasteiger partial charge in [0.25, 0.3) is 0 Å². The van der Waals surface area contributed by atoms with Gasteiger partial charge in [-0.15, -0.1) is 0 Å². The van der Waals surface area contributed by atoms with Crippen LogP contribution in [0.1, 0.15) is 27.1 Å². The van der Waals surface area contributed by atoms with Gasteiger partial charge in [0, 0.05) is 0 Å². The summed E-state index contributed by atoms with van der Waals surface area (Å²) in [4.78, 5) is 0. The van der Waals surface area contributed by atoms with E-state index in [1.807, 2.05) is 0 Å². The minimum absolute atomic E-state index is 0. The van der Waals surface area contributed by atoms with Crippen LogP contribution in [-0.2, 0) is 0 Å². The van der Waals surface area contributed by atoms with Crippen LogP contribution in [0.3, 0.4) is 0 Å². The van der Waals surface area contributed by atoms with Gasteiger partial charge in [-0.2, -0.15) is 12.8 Å². The van der Waals surface area contributed by atoms with E-state index in [1.165, 1.54) is 25.7 Å². The maximum atomic E-state index is 2.36. The Morgan fingerprint density at radius 1 is 1.17 bits per heavy atom. The molecule has 1 heteroatoms. The predicted molar refractivity (Wildman–Crippen MR) is 29.6 cm³/mol. The molecule has 0 N–H and O–H groups in total. The molecule has 0 aromatic carbocycles. The van der Waals surface area contributed by atoms with Crippen molar-refractivity contribution in [2.75, 3.05) is 0 Å². The summed E-state index contributed by atoms with van der Waals surface area (Å²) in [6, 6.07) is 0. The molecule has 1 rings (SSSR count). The van der Waals surface area contributed by atoms with Crippen molar-refractivity contribution in [2.24, 2.45) is 0 Å². The van der Waals surface area contributed by atoms with Crippen molar-refractivity contribution >= 4 is 23.1 Å². The summed E-state index contributed by atoms with van der Waals surface area (Å²) in [5.41, 5.74) is 0. The van der Waals surface area contributed by atoms with Crippen LogP contribution < -0.4 is 0 Å². The first-order chi connectivity index (χ1) is 2.50. The molecule has 0 amide bonds. The summed E-state index contributed by atoms with van der Waals surface area (Å²) in [6.07, 6.45) is 8.00. The Labute approximate surface area is 56.9 Å². The molecule has 0 saturated heterocycles. The molecule has 0 aromatic heterocycles. The molecular formula is C5H10Mg. The van der Waals surface area contributed by atoms with Crippen LogP contribution >= 0.6 is 0 Å². The molecule has 0 bridgehead atoms. The van der Waals surface area contributed by atoms with E-state index in [0.29, 0.717) is 0 Å². The van der Waals surface area contributed by atoms with Crippen molar-refractivity contribution in [1.29, 1.82) is 0 Å². The Morgan fingerprint density at radius 2 is 1.67 bits per heavy atom. The van der Waals surface area contributed by atoms with E-state index in [2.05, 4.69) is 6.42 Å². The zero-order chi connectivity index (χ0) is 3.54. The zero-order valence-corrected chi connectivity index (χ0v) is 5.53. The molecule has 1 saturated carbocycles. The topological polar surface area (TPSA) is 0 Å². The maximum Gasteiger partial charge on any atom is 2.00 e. The van der Waals surface area contributed by atoms with Gasteiger partial charge in [0.2, 0.25) is 0 Å². The monoisotopic (exact) mass is 94.1 g/mol. The fraction of sp³-hybridized carbons (Fsp3) is 0.800. The van der Waals surface area contributed by atoms with E-state index in [9.17, 15) is 0 Å². The Hall–Kier alpha value is 0.766. The predicted octanol–water partition coefficient (Wildman–Crippen LogP) is 1.50. The van der Waals surface area contributed by atoms with Crippen molar-refractivity contribution in [1.82, 2.24) is 0 Å². The Balaban J connectivity index is 0. The van der Waals surface area contributed by atoms with Gasteiger partial charge in [-0.25, -0.2) is 0 Å². The number of hydrogen-bond acceptors (Lipinski definition) is 0. The van der Waals surface area contributed by atoms with Gasteiger partial charge in [0.1, 0.15) is 0 Å². The van der Waals surface area contributed by atoms with E-state index < -0.39 is 0 Å². The third-order valence-corrected chi connectivity index (χ3v) is 1.07. The second-order valence-electron chi connectivity index (χ2n) is 1.57. The molecule has 0 radical (unpaired) electrons. The molecule has 0 unspecified atom stereocenters. The van der Waals surface area contributed by atoms with Crippen molar-refractivity contribution in [3.05, 3.63) is 6.42 Å². The van der Waals surface area contributed by atoms with Crippen molar-refractivity contribution in [3.63, 3.8) is 0 Å². The molecule has 0 heterocycles. The normalized spacial score (nSPS) is 20.0. The largest absolute Gasteiger partial charge is 2.00 e. The standard InChI is InChI=1S/C5H9.Mg.H/c1-2-4-5-3-1;;/h1H,2-5H2;;/q-1;+2;-1. The van der Waals surface area contributed by atoms with Gasteiger partial charge >= 0.3 is 23.1 Å². The molecular weight excluding hydrogens is 84.4 g/mol. The van der Waals surface area contributed by atoms with Gasteiger partial charge in [-0.1, -0.05) is 12.8 Å². The molecule has 32 valence electrons. The first kappa shape index (κ1) is 6.77. The second-order valence-corrected chi connectivity index (χ2v) is 1.57. The summed E-state index contributed by atoms with van der Waals surface area (Å²) in [5.74, 6) is 0. The van der Waals surface area contributed by atoms with Gasteiger partial charge in [-0.3, -0.25) is 0 Å². The Kier molecular flexibility index (Phi) is 4.44. The molecule has 1 aliphatic rings. The fourth-order valence-electron chi connectivity index (χ4n) is 0.722. The second kappa shape index (κ2) is 3.94. The van der Waals surface area contributed by atoms with Crippen LogP contribution in [0.4, 0.5) is 0 Å². The van der Waals surface area contributed by atoms with Crippen molar-refractivity contribution in [3.8, 4) is 0 Å². The zero-order valence-electron chi connectivity index (χ0n) is 5.11. The van der Waals surface area contributed by atoms with E-state index >= 15 is 0 Å². The minimum atomic E-state index is 0. The van der Waals surface area contributed by atoms with Crippen LogP contribution in [0, 0.1) is 6.42 Å². The van der Waals surface area contributed by atoms with Crippen LogP contribution in [0.15, 0.2) is 0 Å². The molecule has 1 aliphatic carbocycles. The van der Waals surface area contributed by atoms with Gasteiger partial charge in [0.15, 0.2) is 0 Å². The summed E-state index contributed by atoms with van der Waals surface area (Å²) in [6.45, 7) is 0. The van der Waals surface area contributed by atoms with Gasteiger partial charge in [0.05, 0.1) is 0 Å². The van der Waals surface area contributed by atoms with E-state index in [4.69, 9.17) is 0 Å². The van der Waals surface area contributed by atoms with E-state index in [1.54, 1.807) is 0 Å². The average Bonchev–Trinajstić information content (AvgIpc) is 1.76. The molecule has 0 atom stereocenters. The SMILES string of the molecule is [CH-]1CCCC1.[H-].[Mg+2]. The Bertz CT molecular complexity index is 19.7. The molecule has 0 aromatic rings. The number of rotatable bonds is 0. The molecule has 0 nitrogen and oxygen atoms in total. The van der Waals surface area contributed by atoms with E-state index in [-0.39, 0.29) is 24.5 Å². The third-order valence-electron chi connectivity index (χ3n) is 1.07. The first-order valence-corrected chi connectivity index (χ1v) is 2.32. The molecule has 0 spiro atoms. The Morgan fingerprint density at radius 3 is 1.83 bits per heavy atom. The van der Waals surface area contributed by atoms with Gasteiger partial charge in [-0.05, 0) is 0 Å². The molecule has 6 heavy (non-hydrogen) atoms. The summed E-state index contributed by atoms with van der Waals surface area (Å²) in [5, 5.41) is 0. The smallest absolute Gasteiger partial charge is 1.00 e. The number of hydrogen-bond donors (Lipinski definition) is 0. The summed E-state index contributed by atoms with van der Waals surface area (Å²) < 4.78 is 0. The third kappa shape index (κ3) is 2.03. The minimum Gasteiger partial charge on any atom is -1.00 e. The van der Waals surface area contributed by atoms with Crippen LogP contribution in [0.25, 0.3) is 0 Å². The van der Waals surface area contributed by atoms with Crippen LogP contribution in [0.5, 0.6) is 0 Å². The molecule has 1 fully saturated rings. The summed E-state index contributed by atoms with van der Waals surface area (Å²) in [7, 11) is 0. The molecule has 0 aliphatic heterocycles. The van der Waals surface area contributed by atoms with E-state index in [0.717, 1.165) is 0 Å². The quantitative estimate of drug-likeness (QED) is 0.315. The van der Waals surface area contributed by atoms with Crippen molar-refractivity contribution in [2.45, 2.75) is 25.7 Å². The van der Waals surface area contributed by atoms with Crippen LogP contribution in [0.2, 0.25) is 0 Å². The first-order valence-electron chi connectivity index (χ1n) is 2.32. The average molecular weight is 94.4 g/mol. The van der Waals surface area contributed by atoms with Crippen molar-refractivity contribution < 1.29 is 1.43 Å². The fourth-order valence-corrected chi connectivity index (χ4v) is 0.722. The van der Waals surface area contributed by atoms with Crippen LogP contribution in [-0.4, -0.2) is 23.1 Å². The summed E-state index contributed by atoms with van der Waals surface area (Å²) >= 11 is 0. The maximum absolute atomic E-state index is 2.36. The van der Waals surface area contributed by atoms with Gasteiger partial charge < -0.3 is 7.85 Å².